The van der Waals surface area contributed by atoms with E-state index in [-0.39, 0.29) is 130 Å². The number of likely N-dealkylation sites (N-methyl/N-ethyl adjacent to an activating group) is 3. The molecule has 1 unspecified atom stereocenters. The molecular weight excluding hydrogens is 1180 g/mol. The molecule has 9 atom stereocenters. The number of carbonyl (C=O) groups excluding carboxylic acids is 10. The summed E-state index contributed by atoms with van der Waals surface area (Å²) in [5, 5.41) is 10.4. The van der Waals surface area contributed by atoms with Gasteiger partial charge in [-0.1, -0.05) is 76.6 Å². The van der Waals surface area contributed by atoms with Crippen LogP contribution in [0, 0.1) is 11.8 Å². The number of aromatic nitrogens is 1. The summed E-state index contributed by atoms with van der Waals surface area (Å²) in [5.41, 5.74) is 6.89. The number of rotatable bonds is 32. The molecule has 2 aromatic carbocycles. The van der Waals surface area contributed by atoms with Crippen molar-refractivity contribution in [1.82, 2.24) is 50.3 Å². The van der Waals surface area contributed by atoms with E-state index >= 15 is 0 Å². The molecule has 2 fully saturated rings. The first-order chi connectivity index (χ1) is 41.7. The molecule has 3 aliphatic rings. The number of esters is 1. The normalized spacial score (nSPS) is 18.1. The minimum Gasteiger partial charge on any atom is -0.455 e. The van der Waals surface area contributed by atoms with Crippen molar-refractivity contribution in [3.8, 4) is 5.75 Å². The summed E-state index contributed by atoms with van der Waals surface area (Å²) in [5.74, 6) is -5.54. The average Bonchev–Trinajstić information content (AvgIpc) is 1.98. The number of hydrogen-bond acceptors (Lipinski definition) is 17. The average molecular weight is 1260 g/mol. The number of nitrogens with one attached hydrogen (secondary N) is 3. The Morgan fingerprint density at radius 3 is 2.01 bits per heavy atom. The summed E-state index contributed by atoms with van der Waals surface area (Å²) < 4.78 is 22.3. The fraction of sp³-hybridized carbons (Fsp3) is 0.550. The lowest BCUT2D eigenvalue weighted by molar-refractivity contribution is -0.149. The van der Waals surface area contributed by atoms with Crippen LogP contribution in [0.4, 0.5) is 0 Å². The van der Waals surface area contributed by atoms with Crippen molar-refractivity contribution in [1.29, 1.82) is 0 Å². The zero-order valence-electron chi connectivity index (χ0n) is 51.2. The minimum absolute atomic E-state index is 0.0628. The molecule has 88 heavy (non-hydrogen) atoms. The number of phosphoric ester groups is 1. The zero-order chi connectivity index (χ0) is 64.6. The molecule has 28 heteroatoms. The van der Waals surface area contributed by atoms with Gasteiger partial charge >= 0.3 is 13.8 Å². The quantitative estimate of drug-likeness (QED) is 0.0172. The highest BCUT2D eigenvalue weighted by molar-refractivity contribution is 7.46. The van der Waals surface area contributed by atoms with Crippen LogP contribution in [0.5, 0.6) is 5.75 Å². The third kappa shape index (κ3) is 19.8. The lowest BCUT2D eigenvalue weighted by Crippen LogP contribution is -2.59. The van der Waals surface area contributed by atoms with Crippen LogP contribution in [0.3, 0.4) is 0 Å². The zero-order valence-corrected chi connectivity index (χ0v) is 52.9. The van der Waals surface area contributed by atoms with E-state index in [2.05, 4.69) is 20.9 Å². The molecule has 0 bridgehead atoms. The van der Waals surface area contributed by atoms with Crippen LogP contribution in [0.2, 0.25) is 0 Å². The topological polar surface area (TPSA) is 341 Å². The molecule has 1 aromatic heterocycles. The number of carbonyl (C=O) groups is 10. The van der Waals surface area contributed by atoms with Crippen molar-refractivity contribution in [2.75, 3.05) is 67.0 Å². The molecule has 0 spiro atoms. The third-order valence-electron chi connectivity index (χ3n) is 16.1. The molecule has 0 saturated carbocycles. The number of hydrogen-bond donors (Lipinski definition) is 6. The second kappa shape index (κ2) is 32.2. The van der Waals surface area contributed by atoms with Gasteiger partial charge in [-0.2, -0.15) is 0 Å². The molecule has 4 heterocycles. The first-order valence-corrected chi connectivity index (χ1v) is 32.1. The monoisotopic (exact) mass is 1260 g/mol. The van der Waals surface area contributed by atoms with Crippen molar-refractivity contribution in [2.24, 2.45) is 17.6 Å². The molecule has 2 saturated heterocycles. The third-order valence-corrected chi connectivity index (χ3v) is 17.5. The van der Waals surface area contributed by atoms with Gasteiger partial charge in [-0.15, -0.1) is 11.3 Å². The number of unbranched alkanes of at least 4 members (excludes halogenated alkanes) is 1. The molecule has 7 N–H and O–H groups in total. The Kier molecular flexibility index (Phi) is 25.5. The van der Waals surface area contributed by atoms with Crippen molar-refractivity contribution in [3.05, 3.63) is 94.0 Å². The predicted octanol–water partition coefficient (Wildman–Crippen LogP) is 2.34. The fourth-order valence-electron chi connectivity index (χ4n) is 10.6. The Balaban J connectivity index is 1.23. The molecular formula is C60H84N11O15PS. The van der Waals surface area contributed by atoms with Gasteiger partial charge in [0.1, 0.15) is 46.7 Å². The first kappa shape index (κ1) is 69.7. The van der Waals surface area contributed by atoms with E-state index in [0.29, 0.717) is 31.4 Å². The van der Waals surface area contributed by atoms with Crippen LogP contribution < -0.4 is 26.2 Å². The number of piperazine rings is 1. The molecule has 3 aromatic rings. The summed E-state index contributed by atoms with van der Waals surface area (Å²) in [7, 11) is -0.121. The van der Waals surface area contributed by atoms with Gasteiger partial charge in [0.05, 0.1) is 0 Å². The summed E-state index contributed by atoms with van der Waals surface area (Å²) in [6, 6.07) is 8.95. The van der Waals surface area contributed by atoms with E-state index in [1.807, 2.05) is 45.7 Å². The second-order valence-corrected chi connectivity index (χ2v) is 25.0. The number of amides is 9. The van der Waals surface area contributed by atoms with Crippen molar-refractivity contribution in [2.45, 2.75) is 135 Å². The largest absolute Gasteiger partial charge is 0.524 e. The number of nitrogens with two attached hydrogens (primary N) is 1. The van der Waals surface area contributed by atoms with E-state index < -0.39 is 85.5 Å². The lowest BCUT2D eigenvalue weighted by Gasteiger charge is -2.37. The number of thiazole rings is 1. The van der Waals surface area contributed by atoms with Crippen LogP contribution in [0.25, 0.3) is 0 Å². The molecule has 26 nitrogen and oxygen atoms in total. The maximum Gasteiger partial charge on any atom is 0.524 e. The van der Waals surface area contributed by atoms with Crippen molar-refractivity contribution in [3.63, 3.8) is 0 Å². The predicted molar refractivity (Wildman–Crippen MR) is 324 cm³/mol. The number of phosphoric acid groups is 1. The van der Waals surface area contributed by atoms with Crippen LogP contribution in [-0.4, -0.2) is 207 Å². The SMILES string of the molecule is CC[C@H](C)[C@H](NC(=O)[C@H]1CN1C)C(=O)N(C)[C@H](C[C@@H](OC(C)=O)c1nc(C(=O)N(C)[C@@H](Cc2ccc(OP(=O)(O)O)cc2)C(=O)N[C@H](CCCCN)C(=O)N[C@@H](Cc2ccccc2)C(=O)N2CCN(C(=O)CCCN3C(=O)C=CC3=O)CC2)cs1)C(C)C. The van der Waals surface area contributed by atoms with Gasteiger partial charge in [0.15, 0.2) is 6.10 Å². The smallest absolute Gasteiger partial charge is 0.455 e. The van der Waals surface area contributed by atoms with Gasteiger partial charge in [0, 0.05) is 110 Å². The summed E-state index contributed by atoms with van der Waals surface area (Å²) in [6.45, 7) is 10.5. The maximum atomic E-state index is 15.0. The molecule has 0 radical (unpaired) electrons. The first-order valence-electron chi connectivity index (χ1n) is 29.7. The standard InChI is InChI=1S/C60H84N11O15PS/c1-9-38(4)53(65-56(78)48-35-66(48)6)60(81)67(7)46(37(2)3)34-49(85-39(5)72)57-64-45(36-88-57)58(79)68(8)47(33-41-20-22-42(23-21-41)86-87(82,83)84)55(77)62-43(18-13-14-26-61)54(76)63-44(32-40-16-11-10-12-17-40)59(80)70-30-28-69(29-31-70)50(73)19-15-27-71-51(74)24-25-52(71)75/h10-12,16-17,20-25,36-38,43-44,46-49,53H,9,13-15,18-19,26-35,61H2,1-8H3,(H,62,77)(H,63,76)(H,65,78)(H2,82,83,84)/t38-,43+,44-,46+,47-,48+,49+,53-,66?/m0/s1. The Morgan fingerprint density at radius 2 is 1.43 bits per heavy atom. The fourth-order valence-corrected chi connectivity index (χ4v) is 11.8. The Hall–Kier alpha value is -7.42. The summed E-state index contributed by atoms with van der Waals surface area (Å²) >= 11 is 1.02. The van der Waals surface area contributed by atoms with Crippen LogP contribution >= 0.6 is 19.2 Å². The van der Waals surface area contributed by atoms with Crippen LogP contribution in [-0.2, 0) is 65.3 Å². The van der Waals surface area contributed by atoms with E-state index in [1.165, 1.54) is 55.8 Å². The minimum atomic E-state index is -4.94. The van der Waals surface area contributed by atoms with E-state index in [0.717, 1.165) is 26.7 Å². The van der Waals surface area contributed by atoms with E-state index in [1.54, 1.807) is 46.0 Å². The number of ether oxygens (including phenoxy) is 1. The number of imide groups is 1. The van der Waals surface area contributed by atoms with Crippen molar-refractivity contribution >= 4 is 78.3 Å². The number of nitrogens with zero attached hydrogens (tertiary/aromatic N) is 7. The molecule has 480 valence electrons. The van der Waals surface area contributed by atoms with Gasteiger partial charge in [-0.25, -0.2) is 9.55 Å². The molecule has 6 rings (SSSR count). The van der Waals surface area contributed by atoms with Gasteiger partial charge in [-0.3, -0.25) is 67.5 Å². The Labute approximate surface area is 517 Å². The van der Waals surface area contributed by atoms with Gasteiger partial charge in [0.25, 0.3) is 17.7 Å². The van der Waals surface area contributed by atoms with Gasteiger partial charge in [-0.05, 0) is 74.4 Å². The highest BCUT2D eigenvalue weighted by Crippen LogP contribution is 2.38. The molecule has 0 aliphatic carbocycles. The van der Waals surface area contributed by atoms with E-state index in [9.17, 15) is 62.3 Å². The highest BCUT2D eigenvalue weighted by Gasteiger charge is 2.42. The number of benzene rings is 2. The Bertz CT molecular complexity index is 3030. The highest BCUT2D eigenvalue weighted by atomic mass is 32.1. The lowest BCUT2D eigenvalue weighted by atomic mass is 9.93. The van der Waals surface area contributed by atoms with Crippen LogP contribution in [0.15, 0.2) is 72.1 Å². The summed E-state index contributed by atoms with van der Waals surface area (Å²) in [4.78, 5) is 169. The molecule has 3 aliphatic heterocycles. The second-order valence-electron chi connectivity index (χ2n) is 22.9. The van der Waals surface area contributed by atoms with Gasteiger partial charge in [0.2, 0.25) is 35.4 Å². The van der Waals surface area contributed by atoms with Crippen molar-refractivity contribution < 1.29 is 71.6 Å². The maximum absolute atomic E-state index is 15.0. The Morgan fingerprint density at radius 1 is 0.818 bits per heavy atom. The van der Waals surface area contributed by atoms with Crippen LogP contribution in [0.1, 0.15) is 112 Å². The summed E-state index contributed by atoms with van der Waals surface area (Å²) in [6.07, 6.45) is 3.08. The van der Waals surface area contributed by atoms with E-state index in [4.69, 9.17) is 15.0 Å². The van der Waals surface area contributed by atoms with Gasteiger partial charge < -0.3 is 50.5 Å². The molecule has 9 amide bonds.